The van der Waals surface area contributed by atoms with Gasteiger partial charge in [-0.1, -0.05) is 19.8 Å². The van der Waals surface area contributed by atoms with Gasteiger partial charge < -0.3 is 4.57 Å². The lowest BCUT2D eigenvalue weighted by Crippen LogP contribution is -2.06. The molecule has 0 radical (unpaired) electrons. The van der Waals surface area contributed by atoms with Crippen LogP contribution in [0.1, 0.15) is 39.0 Å². The van der Waals surface area contributed by atoms with Crippen molar-refractivity contribution in [1.82, 2.24) is 0 Å². The molecule has 0 aromatic rings. The molecule has 1 saturated heterocycles. The molecule has 1 fully saturated rings. The van der Waals surface area contributed by atoms with Crippen LogP contribution in [0.2, 0.25) is 0 Å². The standard InChI is InChI=1S/C9H19OP/c1-2-3-7-11(10)8-5-4-6-9-11/h2-9H2,1H3. The van der Waals surface area contributed by atoms with E-state index in [4.69, 9.17) is 0 Å². The van der Waals surface area contributed by atoms with Crippen molar-refractivity contribution in [2.75, 3.05) is 18.5 Å². The zero-order valence-electron chi connectivity index (χ0n) is 7.51. The number of rotatable bonds is 3. The molecule has 0 atom stereocenters. The van der Waals surface area contributed by atoms with Crippen molar-refractivity contribution in [3.63, 3.8) is 0 Å². The van der Waals surface area contributed by atoms with Crippen molar-refractivity contribution >= 4 is 7.14 Å². The van der Waals surface area contributed by atoms with E-state index in [0.29, 0.717) is 0 Å². The molecule has 0 unspecified atom stereocenters. The van der Waals surface area contributed by atoms with Gasteiger partial charge in [0.05, 0.1) is 7.14 Å². The molecule has 1 aliphatic heterocycles. The van der Waals surface area contributed by atoms with Crippen LogP contribution in [0.4, 0.5) is 0 Å². The molecule has 0 N–H and O–H groups in total. The highest BCUT2D eigenvalue weighted by Gasteiger charge is 2.23. The fraction of sp³-hybridized carbons (Fsp3) is 1.00. The van der Waals surface area contributed by atoms with Gasteiger partial charge in [-0.25, -0.2) is 0 Å². The maximum Gasteiger partial charge on any atom is 0.0877 e. The molecule has 2 heteroatoms. The predicted molar refractivity (Wildman–Crippen MR) is 51.0 cm³/mol. The lowest BCUT2D eigenvalue weighted by Gasteiger charge is -2.22. The monoisotopic (exact) mass is 174 g/mol. The van der Waals surface area contributed by atoms with E-state index in [1.165, 1.54) is 32.1 Å². The van der Waals surface area contributed by atoms with Crippen LogP contribution >= 0.6 is 7.14 Å². The summed E-state index contributed by atoms with van der Waals surface area (Å²) in [6, 6.07) is 0. The fourth-order valence-electron chi connectivity index (χ4n) is 1.76. The first-order valence-electron chi connectivity index (χ1n) is 4.84. The minimum Gasteiger partial charge on any atom is -0.324 e. The van der Waals surface area contributed by atoms with E-state index in [2.05, 4.69) is 6.92 Å². The molecule has 1 heterocycles. The van der Waals surface area contributed by atoms with E-state index in [0.717, 1.165) is 18.5 Å². The van der Waals surface area contributed by atoms with Gasteiger partial charge in [-0.2, -0.15) is 0 Å². The number of unbranched alkanes of at least 4 members (excludes halogenated alkanes) is 1. The Hall–Kier alpha value is 0.230. The molecule has 66 valence electrons. The summed E-state index contributed by atoms with van der Waals surface area (Å²) in [5.41, 5.74) is 0. The predicted octanol–water partition coefficient (Wildman–Crippen LogP) is 3.33. The molecule has 0 saturated carbocycles. The third-order valence-corrected chi connectivity index (χ3v) is 5.94. The van der Waals surface area contributed by atoms with Gasteiger partial charge in [0.1, 0.15) is 0 Å². The van der Waals surface area contributed by atoms with E-state index in [1.807, 2.05) is 0 Å². The quantitative estimate of drug-likeness (QED) is 0.600. The maximum absolute atomic E-state index is 12.0. The first kappa shape index (κ1) is 9.32. The minimum absolute atomic E-state index is 1.03. The van der Waals surface area contributed by atoms with Crippen molar-refractivity contribution in [3.8, 4) is 0 Å². The topological polar surface area (TPSA) is 17.1 Å². The highest BCUT2D eigenvalue weighted by molar-refractivity contribution is 7.63. The molecule has 1 aliphatic rings. The van der Waals surface area contributed by atoms with Gasteiger partial charge >= 0.3 is 0 Å². The smallest absolute Gasteiger partial charge is 0.0877 e. The molecule has 1 nitrogen and oxygen atoms in total. The Kier molecular flexibility index (Phi) is 3.65. The van der Waals surface area contributed by atoms with Crippen molar-refractivity contribution < 1.29 is 4.57 Å². The molecule has 0 aromatic carbocycles. The summed E-state index contributed by atoms with van der Waals surface area (Å²) < 4.78 is 12.0. The Labute approximate surface area is 69.9 Å². The Morgan fingerprint density at radius 1 is 1.18 bits per heavy atom. The van der Waals surface area contributed by atoms with Crippen molar-refractivity contribution in [3.05, 3.63) is 0 Å². The highest BCUT2D eigenvalue weighted by Crippen LogP contribution is 2.50. The Morgan fingerprint density at radius 3 is 2.36 bits per heavy atom. The van der Waals surface area contributed by atoms with Crippen LogP contribution in [0.25, 0.3) is 0 Å². The summed E-state index contributed by atoms with van der Waals surface area (Å²) >= 11 is 0. The van der Waals surface area contributed by atoms with Gasteiger partial charge in [0, 0.05) is 18.5 Å². The van der Waals surface area contributed by atoms with Crippen LogP contribution < -0.4 is 0 Å². The Morgan fingerprint density at radius 2 is 1.82 bits per heavy atom. The van der Waals surface area contributed by atoms with Crippen LogP contribution in [0.15, 0.2) is 0 Å². The zero-order valence-corrected chi connectivity index (χ0v) is 8.41. The highest BCUT2D eigenvalue weighted by atomic mass is 31.2. The summed E-state index contributed by atoms with van der Waals surface area (Å²) in [5, 5.41) is 0. The van der Waals surface area contributed by atoms with Gasteiger partial charge in [0.25, 0.3) is 0 Å². The Bertz CT molecular complexity index is 144. The number of hydrogen-bond acceptors (Lipinski definition) is 1. The number of hydrogen-bond donors (Lipinski definition) is 0. The summed E-state index contributed by atoms with van der Waals surface area (Å²) in [7, 11) is -1.63. The first-order valence-corrected chi connectivity index (χ1v) is 7.10. The van der Waals surface area contributed by atoms with Crippen LogP contribution in [0.3, 0.4) is 0 Å². The normalized spacial score (nSPS) is 23.4. The molecule has 0 spiro atoms. The second-order valence-corrected chi connectivity index (χ2v) is 7.10. The molecule has 11 heavy (non-hydrogen) atoms. The Balaban J connectivity index is 2.32. The van der Waals surface area contributed by atoms with Crippen LogP contribution in [0, 0.1) is 0 Å². The van der Waals surface area contributed by atoms with Crippen molar-refractivity contribution in [2.45, 2.75) is 39.0 Å². The second-order valence-electron chi connectivity index (χ2n) is 3.64. The molecule has 0 bridgehead atoms. The van der Waals surface area contributed by atoms with E-state index < -0.39 is 7.14 Å². The van der Waals surface area contributed by atoms with Gasteiger partial charge in [-0.15, -0.1) is 0 Å². The first-order chi connectivity index (χ1) is 5.27. The van der Waals surface area contributed by atoms with Gasteiger partial charge in [0.2, 0.25) is 0 Å². The van der Waals surface area contributed by atoms with E-state index >= 15 is 0 Å². The van der Waals surface area contributed by atoms with E-state index in [1.54, 1.807) is 0 Å². The molecular formula is C9H19OP. The summed E-state index contributed by atoms with van der Waals surface area (Å²) in [4.78, 5) is 0. The van der Waals surface area contributed by atoms with Crippen LogP contribution in [-0.2, 0) is 4.57 Å². The van der Waals surface area contributed by atoms with E-state index in [9.17, 15) is 4.57 Å². The van der Waals surface area contributed by atoms with Crippen LogP contribution in [-0.4, -0.2) is 18.5 Å². The van der Waals surface area contributed by atoms with Crippen molar-refractivity contribution in [1.29, 1.82) is 0 Å². The lowest BCUT2D eigenvalue weighted by molar-refractivity contribution is 0.557. The maximum atomic E-state index is 12.0. The fourth-order valence-corrected chi connectivity index (χ4v) is 4.92. The average molecular weight is 174 g/mol. The molecule has 0 amide bonds. The summed E-state index contributed by atoms with van der Waals surface area (Å²) in [5.74, 6) is 0. The summed E-state index contributed by atoms with van der Waals surface area (Å²) in [6.45, 7) is 2.18. The van der Waals surface area contributed by atoms with E-state index in [-0.39, 0.29) is 0 Å². The molecule has 1 rings (SSSR count). The van der Waals surface area contributed by atoms with Crippen LogP contribution in [0.5, 0.6) is 0 Å². The van der Waals surface area contributed by atoms with Gasteiger partial charge in [-0.3, -0.25) is 0 Å². The molecule has 0 aromatic heterocycles. The SMILES string of the molecule is CCCCP1(=O)CCCCC1. The largest absolute Gasteiger partial charge is 0.324 e. The minimum atomic E-state index is -1.63. The molecular weight excluding hydrogens is 155 g/mol. The molecule has 0 aliphatic carbocycles. The zero-order chi connectivity index (χ0) is 8.16. The van der Waals surface area contributed by atoms with Crippen molar-refractivity contribution in [2.24, 2.45) is 0 Å². The third-order valence-electron chi connectivity index (χ3n) is 2.55. The average Bonchev–Trinajstić information content (AvgIpc) is 2.03. The second kappa shape index (κ2) is 4.30. The lowest BCUT2D eigenvalue weighted by atomic mass is 10.3. The third kappa shape index (κ3) is 2.99. The van der Waals surface area contributed by atoms with Gasteiger partial charge in [0.15, 0.2) is 0 Å². The summed E-state index contributed by atoms with van der Waals surface area (Å²) in [6.07, 6.45) is 9.27. The van der Waals surface area contributed by atoms with Gasteiger partial charge in [-0.05, 0) is 19.3 Å².